The van der Waals surface area contributed by atoms with Gasteiger partial charge in [0.05, 0.1) is 0 Å². The van der Waals surface area contributed by atoms with Crippen LogP contribution in [0.2, 0.25) is 0 Å². The maximum atomic E-state index is 12.3. The Morgan fingerprint density at radius 3 is 2.69 bits per heavy atom. The molecule has 1 heterocycles. The van der Waals surface area contributed by atoms with Gasteiger partial charge in [-0.2, -0.15) is 13.2 Å². The molecule has 0 unspecified atom stereocenters. The first-order valence-corrected chi connectivity index (χ1v) is 4.83. The van der Waals surface area contributed by atoms with Crippen LogP contribution in [0.25, 0.3) is 0 Å². The van der Waals surface area contributed by atoms with E-state index >= 15 is 0 Å². The minimum Gasteiger partial charge on any atom is -0.327 e. The van der Waals surface area contributed by atoms with Gasteiger partial charge in [-0.3, -0.25) is 4.79 Å². The van der Waals surface area contributed by atoms with Gasteiger partial charge in [0.15, 0.2) is 0 Å². The van der Waals surface area contributed by atoms with Crippen LogP contribution in [0.1, 0.15) is 17.5 Å². The molecule has 6 heteroatoms. The van der Waals surface area contributed by atoms with Crippen molar-refractivity contribution in [3.8, 4) is 11.8 Å². The molecular formula is C10H7ClF3NO. The lowest BCUT2D eigenvalue weighted by Gasteiger charge is -2.04. The predicted octanol–water partition coefficient (Wildman–Crippen LogP) is 2.37. The first-order chi connectivity index (χ1) is 7.45. The van der Waals surface area contributed by atoms with Crippen molar-refractivity contribution in [1.82, 2.24) is 4.98 Å². The van der Waals surface area contributed by atoms with Crippen molar-refractivity contribution in [2.75, 3.05) is 5.88 Å². The lowest BCUT2D eigenvalue weighted by molar-refractivity contribution is -0.138. The van der Waals surface area contributed by atoms with Crippen LogP contribution in [0.15, 0.2) is 17.1 Å². The zero-order valence-corrected chi connectivity index (χ0v) is 8.74. The minimum absolute atomic E-state index is 0.108. The highest BCUT2D eigenvalue weighted by molar-refractivity contribution is 6.18. The van der Waals surface area contributed by atoms with E-state index in [1.807, 2.05) is 4.98 Å². The quantitative estimate of drug-likeness (QED) is 0.602. The number of pyridine rings is 1. The second-order valence-electron chi connectivity index (χ2n) is 2.87. The standard InChI is InChI=1S/C10H7ClF3NO/c11-4-2-1-3-7-5-8(10(12,13)14)9(16)15-6-7/h5-6H,2,4H2,(H,15,16). The first-order valence-electron chi connectivity index (χ1n) is 4.30. The van der Waals surface area contributed by atoms with E-state index < -0.39 is 17.3 Å². The molecule has 0 aromatic carbocycles. The number of nitrogens with one attached hydrogen (secondary N) is 1. The molecule has 0 spiro atoms. The van der Waals surface area contributed by atoms with Gasteiger partial charge < -0.3 is 4.98 Å². The van der Waals surface area contributed by atoms with Gasteiger partial charge in [-0.15, -0.1) is 11.6 Å². The minimum atomic E-state index is -4.67. The Morgan fingerprint density at radius 2 is 2.12 bits per heavy atom. The van der Waals surface area contributed by atoms with E-state index in [-0.39, 0.29) is 5.56 Å². The summed E-state index contributed by atoms with van der Waals surface area (Å²) < 4.78 is 37.0. The summed E-state index contributed by atoms with van der Waals surface area (Å²) in [4.78, 5) is 12.9. The number of alkyl halides is 4. The topological polar surface area (TPSA) is 32.9 Å². The van der Waals surface area contributed by atoms with Crippen LogP contribution in [0.4, 0.5) is 13.2 Å². The summed E-state index contributed by atoms with van der Waals surface area (Å²) in [5.41, 5.74) is -2.31. The molecular weight excluding hydrogens is 243 g/mol. The fourth-order valence-corrected chi connectivity index (χ4v) is 1.07. The van der Waals surface area contributed by atoms with Crippen molar-refractivity contribution in [3.63, 3.8) is 0 Å². The van der Waals surface area contributed by atoms with Gasteiger partial charge in [0, 0.05) is 24.1 Å². The van der Waals surface area contributed by atoms with Crippen molar-refractivity contribution in [2.24, 2.45) is 0 Å². The van der Waals surface area contributed by atoms with Gasteiger partial charge in [-0.1, -0.05) is 11.8 Å². The van der Waals surface area contributed by atoms with Crippen LogP contribution in [0.5, 0.6) is 0 Å². The monoisotopic (exact) mass is 249 g/mol. The molecule has 1 N–H and O–H groups in total. The Labute approximate surface area is 94.4 Å². The molecule has 1 aromatic heterocycles. The molecule has 1 rings (SSSR count). The van der Waals surface area contributed by atoms with E-state index in [4.69, 9.17) is 11.6 Å². The van der Waals surface area contributed by atoms with Crippen LogP contribution in [-0.2, 0) is 6.18 Å². The second kappa shape index (κ2) is 5.08. The summed E-state index contributed by atoms with van der Waals surface area (Å²) in [7, 11) is 0. The lowest BCUT2D eigenvalue weighted by atomic mass is 10.2. The molecule has 0 saturated heterocycles. The summed E-state index contributed by atoms with van der Waals surface area (Å²) in [6.45, 7) is 0. The Kier molecular flexibility index (Phi) is 4.02. The molecule has 1 aromatic rings. The number of H-pyrrole nitrogens is 1. The Balaban J connectivity index is 3.10. The van der Waals surface area contributed by atoms with E-state index in [2.05, 4.69) is 11.8 Å². The smallest absolute Gasteiger partial charge is 0.327 e. The maximum Gasteiger partial charge on any atom is 0.421 e. The third kappa shape index (κ3) is 3.31. The van der Waals surface area contributed by atoms with Crippen molar-refractivity contribution in [3.05, 3.63) is 33.7 Å². The number of aromatic amines is 1. The van der Waals surface area contributed by atoms with Crippen molar-refractivity contribution >= 4 is 11.6 Å². The third-order valence-corrected chi connectivity index (χ3v) is 1.85. The third-order valence-electron chi connectivity index (χ3n) is 1.66. The number of halogens is 4. The highest BCUT2D eigenvalue weighted by Crippen LogP contribution is 2.26. The van der Waals surface area contributed by atoms with E-state index in [1.54, 1.807) is 0 Å². The number of rotatable bonds is 1. The van der Waals surface area contributed by atoms with Gasteiger partial charge in [0.2, 0.25) is 0 Å². The maximum absolute atomic E-state index is 12.3. The average Bonchev–Trinajstić information content (AvgIpc) is 2.19. The second-order valence-corrected chi connectivity index (χ2v) is 3.25. The normalized spacial score (nSPS) is 10.8. The zero-order valence-electron chi connectivity index (χ0n) is 7.99. The molecule has 0 atom stereocenters. The molecule has 0 radical (unpaired) electrons. The van der Waals surface area contributed by atoms with Gasteiger partial charge in [-0.05, 0) is 6.07 Å². The number of hydrogen-bond donors (Lipinski definition) is 1. The Hall–Kier alpha value is -1.41. The SMILES string of the molecule is O=c1[nH]cc(C#CCCCl)cc1C(F)(F)F. The molecule has 16 heavy (non-hydrogen) atoms. The molecule has 0 aliphatic heterocycles. The molecule has 0 aliphatic rings. The van der Waals surface area contributed by atoms with E-state index in [0.717, 1.165) is 12.3 Å². The summed E-state index contributed by atoms with van der Waals surface area (Å²) in [5.74, 6) is 5.37. The molecule has 2 nitrogen and oxygen atoms in total. The fourth-order valence-electron chi connectivity index (χ4n) is 0.978. The summed E-state index contributed by atoms with van der Waals surface area (Å²) in [6.07, 6.45) is -3.15. The van der Waals surface area contributed by atoms with Gasteiger partial charge in [-0.25, -0.2) is 0 Å². The number of aromatic nitrogens is 1. The van der Waals surface area contributed by atoms with E-state index in [0.29, 0.717) is 12.3 Å². The summed E-state index contributed by atoms with van der Waals surface area (Å²) in [6, 6.07) is 0.722. The average molecular weight is 250 g/mol. The highest BCUT2D eigenvalue weighted by Gasteiger charge is 2.33. The van der Waals surface area contributed by atoms with Crippen molar-refractivity contribution < 1.29 is 13.2 Å². The van der Waals surface area contributed by atoms with Gasteiger partial charge >= 0.3 is 6.18 Å². The van der Waals surface area contributed by atoms with E-state index in [9.17, 15) is 18.0 Å². The largest absolute Gasteiger partial charge is 0.421 e. The Bertz CT molecular complexity index is 481. The van der Waals surface area contributed by atoms with Crippen LogP contribution in [0.3, 0.4) is 0 Å². The van der Waals surface area contributed by atoms with Gasteiger partial charge in [0.1, 0.15) is 5.56 Å². The van der Waals surface area contributed by atoms with Crippen LogP contribution in [0, 0.1) is 11.8 Å². The predicted molar refractivity (Wildman–Crippen MR) is 54.3 cm³/mol. The molecule has 0 amide bonds. The van der Waals surface area contributed by atoms with Crippen molar-refractivity contribution in [1.29, 1.82) is 0 Å². The first kappa shape index (κ1) is 12.7. The molecule has 0 bridgehead atoms. The molecule has 0 aliphatic carbocycles. The van der Waals surface area contributed by atoms with Gasteiger partial charge in [0.25, 0.3) is 5.56 Å². The van der Waals surface area contributed by atoms with Crippen LogP contribution >= 0.6 is 11.6 Å². The highest BCUT2D eigenvalue weighted by atomic mass is 35.5. The summed E-state index contributed by atoms with van der Waals surface area (Å²) in [5, 5.41) is 0. The van der Waals surface area contributed by atoms with Crippen molar-refractivity contribution in [2.45, 2.75) is 12.6 Å². The molecule has 0 saturated carbocycles. The zero-order chi connectivity index (χ0) is 12.2. The molecule has 0 fully saturated rings. The van der Waals surface area contributed by atoms with Crippen LogP contribution < -0.4 is 5.56 Å². The van der Waals surface area contributed by atoms with E-state index in [1.165, 1.54) is 0 Å². The molecule has 86 valence electrons. The Morgan fingerprint density at radius 1 is 1.44 bits per heavy atom. The lowest BCUT2D eigenvalue weighted by Crippen LogP contribution is -2.21. The van der Waals surface area contributed by atoms with Crippen LogP contribution in [-0.4, -0.2) is 10.9 Å². The number of hydrogen-bond acceptors (Lipinski definition) is 1. The fraction of sp³-hybridized carbons (Fsp3) is 0.300. The summed E-state index contributed by atoms with van der Waals surface area (Å²) >= 11 is 5.36.